The number of nitrogens with zero attached hydrogens (tertiary/aromatic N) is 1. The Kier molecular flexibility index (Phi) is 3.45. The maximum Gasteiger partial charge on any atom is 0.307 e. The quantitative estimate of drug-likeness (QED) is 0.404. The molecule has 0 radical (unpaired) electrons. The van der Waals surface area contributed by atoms with Crippen molar-refractivity contribution in [2.45, 2.75) is 6.92 Å². The lowest BCUT2D eigenvalue weighted by atomic mass is 10.1. The van der Waals surface area contributed by atoms with Crippen LogP contribution in [0.4, 0.5) is 0 Å². The monoisotopic (exact) mass is 187 g/mol. The van der Waals surface area contributed by atoms with Gasteiger partial charge in [0.25, 0.3) is 0 Å². The van der Waals surface area contributed by atoms with Crippen LogP contribution in [-0.4, -0.2) is 5.97 Å². The summed E-state index contributed by atoms with van der Waals surface area (Å²) in [5.74, 6) is -0.436. The fourth-order valence-electron chi connectivity index (χ4n) is 0.919. The minimum absolute atomic E-state index is 0.334. The molecule has 0 saturated carbocycles. The van der Waals surface area contributed by atoms with E-state index in [0.29, 0.717) is 5.57 Å². The molecule has 0 fully saturated rings. The first-order valence-electron chi connectivity index (χ1n) is 4.07. The summed E-state index contributed by atoms with van der Waals surface area (Å²) in [5.41, 5.74) is 1.07. The van der Waals surface area contributed by atoms with Crippen LogP contribution in [0, 0.1) is 11.3 Å². The van der Waals surface area contributed by atoms with Crippen LogP contribution >= 0.6 is 0 Å². The van der Waals surface area contributed by atoms with Gasteiger partial charge >= 0.3 is 5.97 Å². The fraction of sp³-hybridized carbons (Fsp3) is 0.0909. The Balaban J connectivity index is 2.89. The van der Waals surface area contributed by atoms with Gasteiger partial charge in [-0.1, -0.05) is 30.3 Å². The van der Waals surface area contributed by atoms with Crippen molar-refractivity contribution in [3.05, 3.63) is 42.2 Å². The molecule has 70 valence electrons. The van der Waals surface area contributed by atoms with Gasteiger partial charge in [-0.2, -0.15) is 5.26 Å². The molecule has 0 N–H and O–H groups in total. The zero-order valence-electron chi connectivity index (χ0n) is 7.73. The Bertz CT molecular complexity index is 387. The van der Waals surface area contributed by atoms with Crippen LogP contribution in [0.3, 0.4) is 0 Å². The Labute approximate surface area is 82.2 Å². The van der Waals surface area contributed by atoms with Crippen molar-refractivity contribution in [1.82, 2.24) is 0 Å². The number of hydrogen-bond acceptors (Lipinski definition) is 3. The van der Waals surface area contributed by atoms with Crippen LogP contribution in [-0.2, 0) is 9.53 Å². The van der Waals surface area contributed by atoms with E-state index < -0.39 is 5.97 Å². The number of nitriles is 1. The minimum atomic E-state index is -0.436. The highest BCUT2D eigenvalue weighted by molar-refractivity contribution is 5.77. The first kappa shape index (κ1) is 10.0. The molecule has 1 aromatic carbocycles. The normalized spacial score (nSPS) is 10.4. The predicted molar refractivity (Wildman–Crippen MR) is 51.8 cm³/mol. The SMILES string of the molecule is CC(=O)OC=C(C#N)c1ccccc1. The van der Waals surface area contributed by atoms with Crippen molar-refractivity contribution < 1.29 is 9.53 Å². The topological polar surface area (TPSA) is 50.1 Å². The van der Waals surface area contributed by atoms with E-state index in [9.17, 15) is 4.79 Å². The van der Waals surface area contributed by atoms with Gasteiger partial charge in [0, 0.05) is 6.92 Å². The van der Waals surface area contributed by atoms with Gasteiger partial charge in [0.05, 0.1) is 5.57 Å². The predicted octanol–water partition coefficient (Wildman–Crippen LogP) is 2.11. The molecule has 0 atom stereocenters. The zero-order valence-corrected chi connectivity index (χ0v) is 7.73. The first-order valence-corrected chi connectivity index (χ1v) is 4.07. The Morgan fingerprint density at radius 1 is 1.43 bits per heavy atom. The number of carbonyl (C=O) groups is 1. The molecule has 0 aromatic heterocycles. The van der Waals surface area contributed by atoms with Crippen LogP contribution in [0.1, 0.15) is 12.5 Å². The van der Waals surface area contributed by atoms with Gasteiger partial charge in [-0.05, 0) is 5.56 Å². The molecule has 0 amide bonds. The van der Waals surface area contributed by atoms with Gasteiger partial charge in [0.15, 0.2) is 0 Å². The van der Waals surface area contributed by atoms with Crippen LogP contribution in [0.25, 0.3) is 5.57 Å². The summed E-state index contributed by atoms with van der Waals surface area (Å²) in [6.45, 7) is 1.29. The van der Waals surface area contributed by atoms with Crippen molar-refractivity contribution in [2.75, 3.05) is 0 Å². The summed E-state index contributed by atoms with van der Waals surface area (Å²) in [6, 6.07) is 11.0. The van der Waals surface area contributed by atoms with Gasteiger partial charge in [-0.25, -0.2) is 0 Å². The van der Waals surface area contributed by atoms with Crippen molar-refractivity contribution in [3.8, 4) is 6.07 Å². The molecule has 0 aliphatic rings. The van der Waals surface area contributed by atoms with Gasteiger partial charge in [0.1, 0.15) is 12.3 Å². The fourth-order valence-corrected chi connectivity index (χ4v) is 0.919. The van der Waals surface area contributed by atoms with Crippen molar-refractivity contribution in [1.29, 1.82) is 5.26 Å². The minimum Gasteiger partial charge on any atom is -0.433 e. The molecule has 0 aliphatic heterocycles. The molecule has 0 saturated heterocycles. The summed E-state index contributed by atoms with van der Waals surface area (Å²) in [4.78, 5) is 10.5. The summed E-state index contributed by atoms with van der Waals surface area (Å²) < 4.78 is 4.63. The van der Waals surface area contributed by atoms with Gasteiger partial charge in [-0.15, -0.1) is 0 Å². The molecular formula is C11H9NO2. The largest absolute Gasteiger partial charge is 0.433 e. The number of allylic oxidation sites excluding steroid dienone is 1. The maximum absolute atomic E-state index is 10.5. The zero-order chi connectivity index (χ0) is 10.4. The molecule has 0 heterocycles. The van der Waals surface area contributed by atoms with E-state index in [1.54, 1.807) is 12.1 Å². The van der Waals surface area contributed by atoms with Gasteiger partial charge in [-0.3, -0.25) is 4.79 Å². The standard InChI is InChI=1S/C11H9NO2/c1-9(13)14-8-11(7-12)10-5-3-2-4-6-10/h2-6,8H,1H3. The third kappa shape index (κ3) is 2.76. The molecule has 1 aromatic rings. The lowest BCUT2D eigenvalue weighted by Crippen LogP contribution is -1.91. The second-order valence-electron chi connectivity index (χ2n) is 2.62. The van der Waals surface area contributed by atoms with E-state index in [0.717, 1.165) is 11.8 Å². The van der Waals surface area contributed by atoms with E-state index in [1.807, 2.05) is 24.3 Å². The molecule has 0 aliphatic carbocycles. The van der Waals surface area contributed by atoms with Gasteiger partial charge < -0.3 is 4.74 Å². The van der Waals surface area contributed by atoms with E-state index >= 15 is 0 Å². The second-order valence-corrected chi connectivity index (χ2v) is 2.62. The molecule has 3 nitrogen and oxygen atoms in total. The average Bonchev–Trinajstić information content (AvgIpc) is 2.20. The highest BCUT2D eigenvalue weighted by atomic mass is 16.5. The summed E-state index contributed by atoms with van der Waals surface area (Å²) in [6.07, 6.45) is 1.16. The van der Waals surface area contributed by atoms with Crippen molar-refractivity contribution >= 4 is 11.5 Å². The molecular weight excluding hydrogens is 178 g/mol. The average molecular weight is 187 g/mol. The van der Waals surface area contributed by atoms with Crippen LogP contribution in [0.5, 0.6) is 0 Å². The highest BCUT2D eigenvalue weighted by Gasteiger charge is 1.99. The Morgan fingerprint density at radius 3 is 2.57 bits per heavy atom. The molecule has 0 unspecified atom stereocenters. The third-order valence-corrected chi connectivity index (χ3v) is 1.55. The van der Waals surface area contributed by atoms with Crippen molar-refractivity contribution in [2.24, 2.45) is 0 Å². The number of ether oxygens (including phenoxy) is 1. The van der Waals surface area contributed by atoms with Crippen LogP contribution in [0.15, 0.2) is 36.6 Å². The number of benzene rings is 1. The number of esters is 1. The number of rotatable bonds is 2. The van der Waals surface area contributed by atoms with Gasteiger partial charge in [0.2, 0.25) is 0 Å². The summed E-state index contributed by atoms with van der Waals surface area (Å²) in [7, 11) is 0. The molecule has 0 bridgehead atoms. The Hall–Kier alpha value is -2.08. The molecule has 1 rings (SSSR count). The second kappa shape index (κ2) is 4.83. The summed E-state index contributed by atoms with van der Waals surface area (Å²) >= 11 is 0. The summed E-state index contributed by atoms with van der Waals surface area (Å²) in [5, 5.41) is 8.78. The van der Waals surface area contributed by atoms with Crippen LogP contribution in [0.2, 0.25) is 0 Å². The highest BCUT2D eigenvalue weighted by Crippen LogP contribution is 2.12. The lowest BCUT2D eigenvalue weighted by Gasteiger charge is -1.97. The molecule has 14 heavy (non-hydrogen) atoms. The number of carbonyl (C=O) groups excluding carboxylic acids is 1. The smallest absolute Gasteiger partial charge is 0.307 e. The van der Waals surface area contributed by atoms with E-state index in [2.05, 4.69) is 4.74 Å². The third-order valence-electron chi connectivity index (χ3n) is 1.55. The Morgan fingerprint density at radius 2 is 2.07 bits per heavy atom. The van der Waals surface area contributed by atoms with Crippen molar-refractivity contribution in [3.63, 3.8) is 0 Å². The van der Waals surface area contributed by atoms with E-state index in [4.69, 9.17) is 5.26 Å². The number of hydrogen-bond donors (Lipinski definition) is 0. The first-order chi connectivity index (χ1) is 6.74. The van der Waals surface area contributed by atoms with E-state index in [-0.39, 0.29) is 0 Å². The van der Waals surface area contributed by atoms with Crippen LogP contribution < -0.4 is 0 Å². The lowest BCUT2D eigenvalue weighted by molar-refractivity contribution is -0.135. The molecule has 3 heteroatoms. The maximum atomic E-state index is 10.5. The molecule has 0 spiro atoms. The van der Waals surface area contributed by atoms with E-state index in [1.165, 1.54) is 6.92 Å².